The van der Waals surface area contributed by atoms with Crippen LogP contribution in [0.4, 0.5) is 0 Å². The summed E-state index contributed by atoms with van der Waals surface area (Å²) in [5.74, 6) is 2.73. The first-order valence-corrected chi connectivity index (χ1v) is 8.24. The summed E-state index contributed by atoms with van der Waals surface area (Å²) in [6.07, 6.45) is 11.1. The Hall–Kier alpha value is -1.18. The monoisotopic (exact) mass is 276 g/mol. The predicted octanol–water partition coefficient (Wildman–Crippen LogP) is 5.21. The number of benzene rings is 1. The van der Waals surface area contributed by atoms with Crippen LogP contribution < -0.4 is 9.47 Å². The smallest absolute Gasteiger partial charge is 0.161 e. The SMILES string of the molecule is CCOc1ccccc1OCCCCC1CCCCC1. The van der Waals surface area contributed by atoms with Gasteiger partial charge in [-0.15, -0.1) is 0 Å². The zero-order chi connectivity index (χ0) is 14.0. The first-order valence-electron chi connectivity index (χ1n) is 8.24. The van der Waals surface area contributed by atoms with Crippen molar-refractivity contribution < 1.29 is 9.47 Å². The van der Waals surface area contributed by atoms with E-state index in [2.05, 4.69) is 0 Å². The highest BCUT2D eigenvalue weighted by Crippen LogP contribution is 2.28. The summed E-state index contributed by atoms with van der Waals surface area (Å²) in [6.45, 7) is 3.49. The lowest BCUT2D eigenvalue weighted by Crippen LogP contribution is -2.07. The number of hydrogen-bond donors (Lipinski definition) is 0. The van der Waals surface area contributed by atoms with E-state index < -0.39 is 0 Å². The van der Waals surface area contributed by atoms with Gasteiger partial charge >= 0.3 is 0 Å². The van der Waals surface area contributed by atoms with Gasteiger partial charge in [-0.05, 0) is 37.8 Å². The number of para-hydroxylation sites is 2. The minimum absolute atomic E-state index is 0.683. The van der Waals surface area contributed by atoms with Crippen LogP contribution in [0.2, 0.25) is 0 Å². The van der Waals surface area contributed by atoms with Crippen molar-refractivity contribution in [1.82, 2.24) is 0 Å². The lowest BCUT2D eigenvalue weighted by Gasteiger charge is -2.21. The molecule has 2 rings (SSSR count). The standard InChI is InChI=1S/C18H28O2/c1-2-19-17-13-6-7-14-18(17)20-15-9-8-12-16-10-4-3-5-11-16/h6-7,13-14,16H,2-5,8-12,15H2,1H3. The van der Waals surface area contributed by atoms with E-state index in [1.54, 1.807) is 0 Å². The zero-order valence-electron chi connectivity index (χ0n) is 12.8. The maximum Gasteiger partial charge on any atom is 0.161 e. The molecule has 0 saturated heterocycles. The fourth-order valence-corrected chi connectivity index (χ4v) is 3.04. The molecule has 0 aliphatic heterocycles. The highest BCUT2D eigenvalue weighted by Gasteiger charge is 2.12. The van der Waals surface area contributed by atoms with Crippen LogP contribution in [0.3, 0.4) is 0 Å². The molecule has 1 aromatic rings. The first-order chi connectivity index (χ1) is 9.90. The molecule has 112 valence electrons. The van der Waals surface area contributed by atoms with Crippen LogP contribution in [0.5, 0.6) is 11.5 Å². The molecule has 0 atom stereocenters. The Bertz CT molecular complexity index is 369. The maximum atomic E-state index is 5.85. The second-order valence-electron chi connectivity index (χ2n) is 5.73. The van der Waals surface area contributed by atoms with Crippen molar-refractivity contribution in [1.29, 1.82) is 0 Å². The average molecular weight is 276 g/mol. The van der Waals surface area contributed by atoms with Crippen LogP contribution >= 0.6 is 0 Å². The minimum atomic E-state index is 0.683. The Kier molecular flexibility index (Phi) is 6.76. The number of ether oxygens (including phenoxy) is 2. The van der Waals surface area contributed by atoms with E-state index >= 15 is 0 Å². The number of rotatable bonds is 8. The summed E-state index contributed by atoms with van der Waals surface area (Å²) in [5, 5.41) is 0. The van der Waals surface area contributed by atoms with Crippen molar-refractivity contribution in [2.75, 3.05) is 13.2 Å². The Morgan fingerprint density at radius 2 is 1.65 bits per heavy atom. The fourth-order valence-electron chi connectivity index (χ4n) is 3.04. The largest absolute Gasteiger partial charge is 0.490 e. The highest BCUT2D eigenvalue weighted by atomic mass is 16.5. The fraction of sp³-hybridized carbons (Fsp3) is 0.667. The van der Waals surface area contributed by atoms with Crippen molar-refractivity contribution >= 4 is 0 Å². The van der Waals surface area contributed by atoms with Crippen molar-refractivity contribution in [2.24, 2.45) is 5.92 Å². The van der Waals surface area contributed by atoms with Crippen LogP contribution in [0.1, 0.15) is 58.3 Å². The molecule has 1 saturated carbocycles. The van der Waals surface area contributed by atoms with E-state index in [4.69, 9.17) is 9.47 Å². The lowest BCUT2D eigenvalue weighted by atomic mass is 9.86. The molecule has 0 aromatic heterocycles. The van der Waals surface area contributed by atoms with Crippen LogP contribution in [-0.4, -0.2) is 13.2 Å². The van der Waals surface area contributed by atoms with Gasteiger partial charge in [0, 0.05) is 0 Å². The van der Waals surface area contributed by atoms with E-state index in [-0.39, 0.29) is 0 Å². The third-order valence-corrected chi connectivity index (χ3v) is 4.14. The van der Waals surface area contributed by atoms with Gasteiger partial charge in [-0.2, -0.15) is 0 Å². The van der Waals surface area contributed by atoms with Crippen LogP contribution in [-0.2, 0) is 0 Å². The van der Waals surface area contributed by atoms with Crippen LogP contribution in [0.25, 0.3) is 0 Å². The van der Waals surface area contributed by atoms with E-state index in [0.717, 1.165) is 30.4 Å². The molecule has 1 fully saturated rings. The summed E-state index contributed by atoms with van der Waals surface area (Å²) in [5.41, 5.74) is 0. The van der Waals surface area contributed by atoms with Crippen LogP contribution in [0.15, 0.2) is 24.3 Å². The molecular formula is C18H28O2. The summed E-state index contributed by atoms with van der Waals surface area (Å²) in [7, 11) is 0. The van der Waals surface area contributed by atoms with Crippen molar-refractivity contribution in [3.05, 3.63) is 24.3 Å². The maximum absolute atomic E-state index is 5.85. The Balaban J connectivity index is 1.63. The third-order valence-electron chi connectivity index (χ3n) is 4.14. The van der Waals surface area contributed by atoms with Gasteiger partial charge in [-0.25, -0.2) is 0 Å². The molecule has 1 aromatic carbocycles. The topological polar surface area (TPSA) is 18.5 Å². The molecular weight excluding hydrogens is 248 g/mol. The van der Waals surface area contributed by atoms with Gasteiger partial charge in [0.15, 0.2) is 11.5 Å². The molecule has 0 bridgehead atoms. The Morgan fingerprint density at radius 3 is 2.35 bits per heavy atom. The van der Waals surface area contributed by atoms with Gasteiger partial charge in [-0.1, -0.05) is 50.7 Å². The number of unbranched alkanes of at least 4 members (excludes halogenated alkanes) is 1. The first kappa shape index (κ1) is 15.2. The predicted molar refractivity (Wildman–Crippen MR) is 83.5 cm³/mol. The molecule has 1 aliphatic rings. The summed E-state index contributed by atoms with van der Waals surface area (Å²) in [4.78, 5) is 0. The highest BCUT2D eigenvalue weighted by molar-refractivity contribution is 5.39. The molecule has 2 nitrogen and oxygen atoms in total. The molecule has 0 heterocycles. The summed E-state index contributed by atoms with van der Waals surface area (Å²) in [6, 6.07) is 7.95. The number of hydrogen-bond acceptors (Lipinski definition) is 2. The molecule has 0 unspecified atom stereocenters. The zero-order valence-corrected chi connectivity index (χ0v) is 12.8. The molecule has 0 spiro atoms. The Morgan fingerprint density at radius 1 is 0.950 bits per heavy atom. The van der Waals surface area contributed by atoms with Gasteiger partial charge in [-0.3, -0.25) is 0 Å². The van der Waals surface area contributed by atoms with Crippen molar-refractivity contribution in [3.8, 4) is 11.5 Å². The summed E-state index contributed by atoms with van der Waals surface area (Å²) < 4.78 is 11.4. The molecule has 20 heavy (non-hydrogen) atoms. The second-order valence-corrected chi connectivity index (χ2v) is 5.73. The van der Waals surface area contributed by atoms with E-state index in [1.165, 1.54) is 44.9 Å². The summed E-state index contributed by atoms with van der Waals surface area (Å²) >= 11 is 0. The molecule has 1 aliphatic carbocycles. The minimum Gasteiger partial charge on any atom is -0.490 e. The van der Waals surface area contributed by atoms with Gasteiger partial charge < -0.3 is 9.47 Å². The van der Waals surface area contributed by atoms with Gasteiger partial charge in [0.2, 0.25) is 0 Å². The lowest BCUT2D eigenvalue weighted by molar-refractivity contribution is 0.262. The molecule has 2 heteroatoms. The van der Waals surface area contributed by atoms with E-state index in [9.17, 15) is 0 Å². The van der Waals surface area contributed by atoms with Crippen molar-refractivity contribution in [2.45, 2.75) is 58.3 Å². The van der Waals surface area contributed by atoms with Gasteiger partial charge in [0.1, 0.15) is 0 Å². The molecule has 0 amide bonds. The van der Waals surface area contributed by atoms with E-state index in [1.807, 2.05) is 31.2 Å². The third kappa shape index (κ3) is 5.07. The quantitative estimate of drug-likeness (QED) is 0.606. The second kappa shape index (κ2) is 8.89. The van der Waals surface area contributed by atoms with Gasteiger partial charge in [0.05, 0.1) is 13.2 Å². The Labute approximate surface area is 123 Å². The molecule has 0 radical (unpaired) electrons. The average Bonchev–Trinajstić information content (AvgIpc) is 2.50. The molecule has 0 N–H and O–H groups in total. The normalized spacial score (nSPS) is 16.1. The van der Waals surface area contributed by atoms with Crippen LogP contribution in [0, 0.1) is 5.92 Å². The van der Waals surface area contributed by atoms with Crippen molar-refractivity contribution in [3.63, 3.8) is 0 Å². The van der Waals surface area contributed by atoms with Gasteiger partial charge in [0.25, 0.3) is 0 Å². The van der Waals surface area contributed by atoms with E-state index in [0.29, 0.717) is 6.61 Å².